The van der Waals surface area contributed by atoms with Gasteiger partial charge in [0.15, 0.2) is 0 Å². The quantitative estimate of drug-likeness (QED) is 0.734. The Hall–Kier alpha value is -0.660. The van der Waals surface area contributed by atoms with E-state index in [1.54, 1.807) is 4.31 Å². The fourth-order valence-corrected chi connectivity index (χ4v) is 5.39. The van der Waals surface area contributed by atoms with Crippen LogP contribution in [-0.4, -0.2) is 80.5 Å². The van der Waals surface area contributed by atoms with Crippen LogP contribution in [-0.2, 0) is 14.8 Å². The number of sulfonamides is 1. The average Bonchev–Trinajstić information content (AvgIpc) is 3.02. The number of carbonyl (C=O) groups is 1. The number of nitrogens with zero attached hydrogens (tertiary/aromatic N) is 3. The molecule has 0 aliphatic carbocycles. The summed E-state index contributed by atoms with van der Waals surface area (Å²) in [6.07, 6.45) is 5.73. The molecule has 3 fully saturated rings. The van der Waals surface area contributed by atoms with E-state index >= 15 is 0 Å². The summed E-state index contributed by atoms with van der Waals surface area (Å²) in [5.41, 5.74) is -0.376. The Bertz CT molecular complexity index is 544. The molecule has 0 spiro atoms. The molecule has 2 atom stereocenters. The van der Waals surface area contributed by atoms with Crippen molar-refractivity contribution in [1.82, 2.24) is 14.1 Å². The van der Waals surface area contributed by atoms with E-state index in [0.717, 1.165) is 45.3 Å². The lowest BCUT2D eigenvalue weighted by Gasteiger charge is -2.37. The first-order valence-corrected chi connectivity index (χ1v) is 10.1. The average molecular weight is 329 g/mol. The first kappa shape index (κ1) is 16.2. The number of likely N-dealkylation sites (tertiary alicyclic amines) is 2. The van der Waals surface area contributed by atoms with E-state index in [4.69, 9.17) is 0 Å². The molecule has 3 saturated heterocycles. The molecule has 1 amide bonds. The Morgan fingerprint density at radius 1 is 1.05 bits per heavy atom. The smallest absolute Gasteiger partial charge is 0.230 e. The van der Waals surface area contributed by atoms with Gasteiger partial charge in [-0.15, -0.1) is 0 Å². The SMILES string of the molecule is CN1CC[C@]2(C(=O)N3CCCC3)CCN(S(C)(=O)=O)CC[C@H]12. The molecule has 0 aromatic heterocycles. The van der Waals surface area contributed by atoms with E-state index in [2.05, 4.69) is 11.9 Å². The summed E-state index contributed by atoms with van der Waals surface area (Å²) in [6, 6.07) is 0.173. The van der Waals surface area contributed by atoms with Crippen LogP contribution in [0.5, 0.6) is 0 Å². The molecule has 126 valence electrons. The van der Waals surface area contributed by atoms with Crippen LogP contribution < -0.4 is 0 Å². The van der Waals surface area contributed by atoms with Crippen molar-refractivity contribution in [3.8, 4) is 0 Å². The van der Waals surface area contributed by atoms with Gasteiger partial charge in [0.25, 0.3) is 0 Å². The number of carbonyl (C=O) groups excluding carboxylic acids is 1. The largest absolute Gasteiger partial charge is 0.342 e. The first-order chi connectivity index (χ1) is 10.3. The van der Waals surface area contributed by atoms with Crippen LogP contribution >= 0.6 is 0 Å². The molecule has 0 unspecified atom stereocenters. The third kappa shape index (κ3) is 2.67. The molecule has 0 bridgehead atoms. The van der Waals surface area contributed by atoms with Crippen molar-refractivity contribution in [1.29, 1.82) is 0 Å². The van der Waals surface area contributed by atoms with Crippen LogP contribution in [0, 0.1) is 5.41 Å². The Morgan fingerprint density at radius 2 is 1.68 bits per heavy atom. The van der Waals surface area contributed by atoms with Crippen molar-refractivity contribution in [2.45, 2.75) is 38.1 Å². The normalized spacial score (nSPS) is 34.6. The van der Waals surface area contributed by atoms with Gasteiger partial charge in [-0.2, -0.15) is 0 Å². The maximum atomic E-state index is 13.2. The number of amides is 1. The van der Waals surface area contributed by atoms with Gasteiger partial charge in [-0.25, -0.2) is 12.7 Å². The number of fused-ring (bicyclic) bond motifs is 1. The zero-order valence-electron chi connectivity index (χ0n) is 13.6. The molecule has 3 aliphatic heterocycles. The van der Waals surface area contributed by atoms with E-state index in [9.17, 15) is 13.2 Å². The van der Waals surface area contributed by atoms with Crippen molar-refractivity contribution >= 4 is 15.9 Å². The second-order valence-electron chi connectivity index (χ2n) is 7.10. The van der Waals surface area contributed by atoms with Crippen LogP contribution in [0.15, 0.2) is 0 Å². The van der Waals surface area contributed by atoms with Crippen molar-refractivity contribution in [3.63, 3.8) is 0 Å². The van der Waals surface area contributed by atoms with Crippen molar-refractivity contribution < 1.29 is 13.2 Å². The number of rotatable bonds is 2. The minimum atomic E-state index is -3.18. The Kier molecular flexibility index (Phi) is 4.24. The van der Waals surface area contributed by atoms with E-state index in [1.165, 1.54) is 6.26 Å². The molecule has 0 aromatic rings. The molecule has 7 heteroatoms. The van der Waals surface area contributed by atoms with Gasteiger partial charge in [0.05, 0.1) is 11.7 Å². The lowest BCUT2D eigenvalue weighted by atomic mass is 9.75. The van der Waals surface area contributed by atoms with E-state index in [0.29, 0.717) is 19.5 Å². The van der Waals surface area contributed by atoms with Crippen LogP contribution in [0.1, 0.15) is 32.1 Å². The number of hydrogen-bond donors (Lipinski definition) is 0. The van der Waals surface area contributed by atoms with Gasteiger partial charge < -0.3 is 9.80 Å². The predicted octanol–water partition coefficient (Wildman–Crippen LogP) is 0.355. The summed E-state index contributed by atoms with van der Waals surface area (Å²) in [6.45, 7) is 3.67. The molecule has 3 aliphatic rings. The molecule has 0 saturated carbocycles. The zero-order valence-corrected chi connectivity index (χ0v) is 14.4. The topological polar surface area (TPSA) is 60.9 Å². The summed E-state index contributed by atoms with van der Waals surface area (Å²) in [5.74, 6) is 0.273. The summed E-state index contributed by atoms with van der Waals surface area (Å²) in [5, 5.41) is 0. The standard InChI is InChI=1S/C15H27N3O3S/c1-16-11-6-15(14(19)17-8-3-4-9-17)7-12-18(22(2,20)21)10-5-13(15)16/h13H,3-12H2,1-2H3/t13-,15-/m0/s1. The third-order valence-corrected chi connectivity index (χ3v) is 7.13. The predicted molar refractivity (Wildman–Crippen MR) is 84.9 cm³/mol. The molecule has 22 heavy (non-hydrogen) atoms. The van der Waals surface area contributed by atoms with Crippen LogP contribution in [0.25, 0.3) is 0 Å². The van der Waals surface area contributed by atoms with E-state index in [1.807, 2.05) is 4.90 Å². The van der Waals surface area contributed by atoms with Crippen molar-refractivity contribution in [2.24, 2.45) is 5.41 Å². The first-order valence-electron chi connectivity index (χ1n) is 8.29. The molecule has 0 aromatic carbocycles. The van der Waals surface area contributed by atoms with E-state index in [-0.39, 0.29) is 17.4 Å². The summed E-state index contributed by atoms with van der Waals surface area (Å²) >= 11 is 0. The lowest BCUT2D eigenvalue weighted by molar-refractivity contribution is -0.142. The highest BCUT2D eigenvalue weighted by atomic mass is 32.2. The fourth-order valence-electron chi connectivity index (χ4n) is 4.53. The highest BCUT2D eigenvalue weighted by Crippen LogP contribution is 2.45. The fraction of sp³-hybridized carbons (Fsp3) is 0.933. The van der Waals surface area contributed by atoms with Crippen molar-refractivity contribution in [3.05, 3.63) is 0 Å². The van der Waals surface area contributed by atoms with Gasteiger partial charge in [0.2, 0.25) is 15.9 Å². The number of hydrogen-bond acceptors (Lipinski definition) is 4. The highest BCUT2D eigenvalue weighted by Gasteiger charge is 2.54. The molecule has 0 radical (unpaired) electrons. The van der Waals surface area contributed by atoms with E-state index < -0.39 is 10.0 Å². The maximum Gasteiger partial charge on any atom is 0.230 e. The Morgan fingerprint density at radius 3 is 2.32 bits per heavy atom. The van der Waals surface area contributed by atoms with Gasteiger partial charge in [0, 0.05) is 32.2 Å². The van der Waals surface area contributed by atoms with Gasteiger partial charge in [-0.3, -0.25) is 4.79 Å². The molecule has 3 rings (SSSR count). The molecule has 3 heterocycles. The van der Waals surface area contributed by atoms with Crippen LogP contribution in [0.2, 0.25) is 0 Å². The summed E-state index contributed by atoms with van der Waals surface area (Å²) in [4.78, 5) is 17.5. The monoisotopic (exact) mass is 329 g/mol. The Labute approximate surface area is 133 Å². The summed E-state index contributed by atoms with van der Waals surface area (Å²) in [7, 11) is -1.11. The Balaban J connectivity index is 1.87. The summed E-state index contributed by atoms with van der Waals surface area (Å²) < 4.78 is 25.3. The molecule has 6 nitrogen and oxygen atoms in total. The molecular formula is C15H27N3O3S. The zero-order chi connectivity index (χ0) is 16.0. The third-order valence-electron chi connectivity index (χ3n) is 5.83. The van der Waals surface area contributed by atoms with Gasteiger partial charge >= 0.3 is 0 Å². The second-order valence-corrected chi connectivity index (χ2v) is 9.09. The maximum absolute atomic E-state index is 13.2. The van der Waals surface area contributed by atoms with Crippen molar-refractivity contribution in [2.75, 3.05) is 46.0 Å². The van der Waals surface area contributed by atoms with Crippen LogP contribution in [0.4, 0.5) is 0 Å². The van der Waals surface area contributed by atoms with Crippen LogP contribution in [0.3, 0.4) is 0 Å². The van der Waals surface area contributed by atoms with Gasteiger partial charge in [-0.1, -0.05) is 0 Å². The lowest BCUT2D eigenvalue weighted by Crippen LogP contribution is -2.49. The minimum Gasteiger partial charge on any atom is -0.342 e. The molecular weight excluding hydrogens is 302 g/mol. The minimum absolute atomic E-state index is 0.173. The molecule has 0 N–H and O–H groups in total. The van der Waals surface area contributed by atoms with Gasteiger partial charge in [0.1, 0.15) is 0 Å². The van der Waals surface area contributed by atoms with Gasteiger partial charge in [-0.05, 0) is 45.7 Å². The second kappa shape index (κ2) is 5.76. The highest BCUT2D eigenvalue weighted by molar-refractivity contribution is 7.88.